The molecule has 71 heavy (non-hydrogen) atoms. The zero-order chi connectivity index (χ0) is 50.3. The van der Waals surface area contributed by atoms with Crippen LogP contribution in [0.5, 0.6) is 0 Å². The van der Waals surface area contributed by atoms with Crippen LogP contribution < -0.4 is 4.70 Å². The van der Waals surface area contributed by atoms with Crippen LogP contribution in [-0.4, -0.2) is 49.1 Å². The van der Waals surface area contributed by atoms with Gasteiger partial charge in [0.1, 0.15) is 0 Å². The fourth-order valence-corrected chi connectivity index (χ4v) is 6.96. The number of aliphatic hydroxyl groups is 1. The summed E-state index contributed by atoms with van der Waals surface area (Å²) in [4.78, 5) is 12.6. The van der Waals surface area contributed by atoms with E-state index >= 15 is 0 Å². The largest absolute Gasteiger partial charge is 2.00 e. The third-order valence-electron chi connectivity index (χ3n) is 9.75. The van der Waals surface area contributed by atoms with Crippen LogP contribution in [0.15, 0.2) is 11.6 Å². The molecule has 3 saturated carbocycles. The molecule has 1 radical (unpaired) electrons. The maximum absolute atomic E-state index is 10.2. The normalized spacial score (nSPS) is 12.1. The van der Waals surface area contributed by atoms with Crippen LogP contribution in [0.1, 0.15) is 241 Å². The molecule has 0 heterocycles. The van der Waals surface area contributed by atoms with E-state index in [1.54, 1.807) is 31.2 Å². The number of halogens is 4. The Balaban J connectivity index is -0.0000000301. The van der Waals surface area contributed by atoms with Crippen molar-refractivity contribution >= 4 is 13.3 Å². The maximum atomic E-state index is 10.2. The number of rotatable bonds is 11. The second-order valence-corrected chi connectivity index (χ2v) is 17.5. The Morgan fingerprint density at radius 1 is 0.563 bits per heavy atom. The molecular weight excluding hydrogens is 1160 g/mol. The summed E-state index contributed by atoms with van der Waals surface area (Å²) in [5.41, 5.74) is 1.06. The molecule has 0 aromatic heterocycles. The molecule has 3 fully saturated rings. The molecule has 1 N–H and O–H groups in total. The van der Waals surface area contributed by atoms with E-state index in [-0.39, 0.29) is 112 Å². The fraction of sp³-hybridized carbons (Fsp3) is 0.807. The Bertz CT molecular complexity index is 896. The number of hydrogen-bond acceptors (Lipinski definition) is 6. The van der Waals surface area contributed by atoms with Crippen molar-refractivity contribution in [1.82, 2.24) is 4.90 Å². The van der Waals surface area contributed by atoms with Gasteiger partial charge in [0.25, 0.3) is 0 Å². The molecule has 1 atom stereocenters. The van der Waals surface area contributed by atoms with Gasteiger partial charge in [0.05, 0.1) is 24.3 Å². The Kier molecular flexibility index (Phi) is 171. The molecule has 0 aromatic rings. The van der Waals surface area contributed by atoms with E-state index in [0.717, 1.165) is 41.6 Å². The van der Waals surface area contributed by atoms with Crippen molar-refractivity contribution in [2.45, 2.75) is 247 Å². The summed E-state index contributed by atoms with van der Waals surface area (Å²) < 4.78 is 29.0. The average Bonchev–Trinajstić information content (AvgIpc) is 3.98. The van der Waals surface area contributed by atoms with Crippen molar-refractivity contribution in [3.63, 3.8) is 0 Å². The van der Waals surface area contributed by atoms with Gasteiger partial charge in [-0.2, -0.15) is 15.8 Å². The monoisotopic (exact) mass is 1290 g/mol. The smallest absolute Gasteiger partial charge is 1.00 e. The van der Waals surface area contributed by atoms with Crippen LogP contribution in [0.3, 0.4) is 0 Å². The summed E-state index contributed by atoms with van der Waals surface area (Å²) >= 11 is 0. The van der Waals surface area contributed by atoms with E-state index in [1.807, 2.05) is 20.8 Å². The Morgan fingerprint density at radius 2 is 0.746 bits per heavy atom. The van der Waals surface area contributed by atoms with Crippen molar-refractivity contribution in [3.05, 3.63) is 48.8 Å². The minimum atomic E-state index is -3.67. The zero-order valence-corrected chi connectivity index (χ0v) is 56.3. The molecule has 0 aliphatic heterocycles. The average molecular weight is 1280 g/mol. The summed E-state index contributed by atoms with van der Waals surface area (Å²) in [6.45, 7) is 41.8. The molecule has 0 bridgehead atoms. The summed E-state index contributed by atoms with van der Waals surface area (Å²) in [6, 6.07) is 5.25. The van der Waals surface area contributed by atoms with Gasteiger partial charge in [0.15, 0.2) is 5.78 Å². The topological polar surface area (TPSA) is 112 Å². The van der Waals surface area contributed by atoms with Gasteiger partial charge < -0.3 is 51.8 Å². The SMILES string of the molecule is CC#N.CC#N.CC#N.CC(=O)C=C(C)C.CC(C)CC(C)C.CC(C)CC(C)O.CCC1CCCC1.CCC1CCCC1.CCC1CCCC1.CCN(CC)CC.FB(F)F.[CH3-].[CH3-].[CH3-].[CH3-].[CH3-].[F-].[Ru+2].[Ru+2].[Ru+]. The van der Waals surface area contributed by atoms with Crippen molar-refractivity contribution < 1.29 is 86.0 Å². The van der Waals surface area contributed by atoms with Crippen molar-refractivity contribution in [1.29, 1.82) is 15.8 Å². The molecule has 0 amide bonds. The molecule has 3 aliphatic carbocycles. The number of carbonyl (C=O) groups excluding carboxylic acids is 1. The van der Waals surface area contributed by atoms with Gasteiger partial charge in [-0.05, 0) is 102 Å². The third-order valence-corrected chi connectivity index (χ3v) is 9.75. The standard InChI is InChI=1S/3C7H14.C7H16.C6H15N.C6H14O.C6H10O.3C2H3N.5CH3.BF3.FH.3Ru/c3*1-2-7-5-3-4-6-7;1-6(2)5-7(3)4;1-4-7(5-2)6-3;2*1-5(2)4-6(3)7;3*1-2-3;;;;;;2-1(3)4;;;;/h3*7H,2-6H2,1H3;6-7H,5H2,1-4H3;4-6H2,1-3H3;5-7H,4H2,1-3H3;4H,1-3H3;3*1H3;5*1H3;;1H;;;/q;;;;;;;;;;5*-1;;;+1;2*+2/p-1. The van der Waals surface area contributed by atoms with Gasteiger partial charge in [-0.3, -0.25) is 17.7 Å². The van der Waals surface area contributed by atoms with Crippen LogP contribution in [0.4, 0.5) is 12.9 Å². The number of hydrogen-bond donors (Lipinski definition) is 1. The number of aliphatic hydroxyl groups excluding tert-OH is 1. The summed E-state index contributed by atoms with van der Waals surface area (Å²) in [6.07, 6.45) is 26.1. The van der Waals surface area contributed by atoms with Crippen molar-refractivity contribution in [2.24, 2.45) is 35.5 Å². The van der Waals surface area contributed by atoms with Gasteiger partial charge in [0, 0.05) is 20.8 Å². The Hall–Kier alpha value is -0.545. The molecule has 3 rings (SSSR count). The summed E-state index contributed by atoms with van der Waals surface area (Å²) in [7, 11) is -3.67. The van der Waals surface area contributed by atoms with Crippen LogP contribution in [0, 0.1) is 107 Å². The number of carbonyl (C=O) groups is 1. The van der Waals surface area contributed by atoms with Gasteiger partial charge in [-0.15, -0.1) is 0 Å². The minimum Gasteiger partial charge on any atom is -1.00 e. The van der Waals surface area contributed by atoms with E-state index in [0.29, 0.717) is 5.92 Å². The van der Waals surface area contributed by atoms with Gasteiger partial charge >= 0.3 is 66.0 Å². The first-order valence-electron chi connectivity index (χ1n) is 24.4. The molecule has 6 nitrogen and oxygen atoms in total. The zero-order valence-electron chi connectivity index (χ0n) is 51.1. The molecule has 1 unspecified atom stereocenters. The van der Waals surface area contributed by atoms with E-state index in [9.17, 15) is 17.7 Å². The van der Waals surface area contributed by atoms with E-state index in [1.165, 1.54) is 143 Å². The molecule has 0 aromatic carbocycles. The van der Waals surface area contributed by atoms with Crippen LogP contribution in [-0.2, 0) is 63.2 Å². The maximum Gasteiger partial charge on any atom is 2.00 e. The first-order valence-corrected chi connectivity index (χ1v) is 24.4. The summed E-state index contributed by atoms with van der Waals surface area (Å²) in [5, 5.41) is 30.7. The van der Waals surface area contributed by atoms with Crippen molar-refractivity contribution in [3.8, 4) is 18.2 Å². The fourth-order valence-electron chi connectivity index (χ4n) is 6.96. The summed E-state index contributed by atoms with van der Waals surface area (Å²) in [5.74, 6) is 5.79. The second-order valence-electron chi connectivity index (χ2n) is 17.5. The molecule has 437 valence electrons. The predicted octanol–water partition coefficient (Wildman–Crippen LogP) is 16.5. The second kappa shape index (κ2) is 102. The van der Waals surface area contributed by atoms with Gasteiger partial charge in [-0.1, -0.05) is 185 Å². The van der Waals surface area contributed by atoms with Gasteiger partial charge in [-0.25, -0.2) is 0 Å². The van der Waals surface area contributed by atoms with E-state index in [4.69, 9.17) is 20.9 Å². The number of allylic oxidation sites excluding steroid dienone is 2. The van der Waals surface area contributed by atoms with Crippen LogP contribution in [0.2, 0.25) is 0 Å². The number of ketones is 1. The molecular formula is C57H121BF4N4O2Ru3-. The number of nitrogens with zero attached hydrogens (tertiary/aromatic N) is 4. The van der Waals surface area contributed by atoms with Crippen molar-refractivity contribution in [2.75, 3.05) is 19.6 Å². The third kappa shape index (κ3) is 160. The quantitative estimate of drug-likeness (QED) is 0.0955. The van der Waals surface area contributed by atoms with Gasteiger partial charge in [0.2, 0.25) is 0 Å². The van der Waals surface area contributed by atoms with Crippen LogP contribution >= 0.6 is 0 Å². The molecule has 14 heteroatoms. The minimum absolute atomic E-state index is 0. The first kappa shape index (κ1) is 119. The Labute approximate surface area is 485 Å². The predicted molar refractivity (Wildman–Crippen MR) is 301 cm³/mol. The molecule has 0 spiro atoms. The van der Waals surface area contributed by atoms with Crippen LogP contribution in [0.25, 0.3) is 0 Å². The first-order chi connectivity index (χ1) is 29.0. The van der Waals surface area contributed by atoms with E-state index < -0.39 is 7.54 Å². The Morgan fingerprint density at radius 3 is 0.775 bits per heavy atom. The molecule has 3 aliphatic rings. The molecule has 0 saturated heterocycles. The number of nitriles is 3. The van der Waals surface area contributed by atoms with E-state index in [2.05, 4.69) is 88.0 Å².